The van der Waals surface area contributed by atoms with Crippen molar-refractivity contribution in [2.24, 2.45) is 0 Å². The fourth-order valence-electron chi connectivity index (χ4n) is 8.53. The Morgan fingerprint density at radius 3 is 1.65 bits per heavy atom. The van der Waals surface area contributed by atoms with Crippen LogP contribution < -0.4 is 10.4 Å². The van der Waals surface area contributed by atoms with Crippen molar-refractivity contribution in [1.29, 1.82) is 0 Å². The average Bonchev–Trinajstić information content (AvgIpc) is 3.97. The molecule has 5 heterocycles. The normalized spacial score (nSPS) is 13.5. The Morgan fingerprint density at radius 2 is 0.941 bits per heavy atom. The minimum atomic E-state index is -1.76. The van der Waals surface area contributed by atoms with Crippen molar-refractivity contribution in [2.75, 3.05) is 0 Å². The number of rotatable bonds is 4. The van der Waals surface area contributed by atoms with Gasteiger partial charge in [0.1, 0.15) is 0 Å². The summed E-state index contributed by atoms with van der Waals surface area (Å²) < 4.78 is 7.59. The predicted molar refractivity (Wildman–Crippen MR) is 224 cm³/mol. The van der Waals surface area contributed by atoms with Crippen LogP contribution in [0, 0.1) is 0 Å². The summed E-state index contributed by atoms with van der Waals surface area (Å²) in [6, 6.07) is 58.5. The first-order valence-corrected chi connectivity index (χ1v) is 22.1. The third-order valence-electron chi connectivity index (χ3n) is 11.0. The van der Waals surface area contributed by atoms with Gasteiger partial charge in [-0.15, -0.1) is 22.7 Å². The Hall–Kier alpha value is -5.46. The van der Waals surface area contributed by atoms with Crippen LogP contribution in [0.1, 0.15) is 0 Å². The van der Waals surface area contributed by atoms with E-state index in [4.69, 9.17) is 0 Å². The molecule has 10 aromatic rings. The number of hydrogen-bond donors (Lipinski definition) is 0. The molecule has 4 aromatic heterocycles. The topological polar surface area (TPSA) is 9.86 Å². The van der Waals surface area contributed by atoms with Gasteiger partial charge in [-0.25, -0.2) is 0 Å². The molecule has 243 valence electrons. The molecule has 0 aliphatic carbocycles. The van der Waals surface area contributed by atoms with Gasteiger partial charge in [-0.3, -0.25) is 0 Å². The van der Waals surface area contributed by atoms with Gasteiger partial charge >= 0.3 is 0 Å². The summed E-state index contributed by atoms with van der Waals surface area (Å²) in [7, 11) is -1.76. The van der Waals surface area contributed by atoms with Crippen molar-refractivity contribution < 1.29 is 0 Å². The molecule has 2 nitrogen and oxygen atoms in total. The number of hydrogen-bond acceptors (Lipinski definition) is 2. The summed E-state index contributed by atoms with van der Waals surface area (Å²) in [5.74, 6) is 0. The van der Waals surface area contributed by atoms with Crippen molar-refractivity contribution in [1.82, 2.24) is 9.13 Å². The molecule has 0 N–H and O–H groups in total. The van der Waals surface area contributed by atoms with Gasteiger partial charge in [0.15, 0.2) is 0 Å². The van der Waals surface area contributed by atoms with Crippen molar-refractivity contribution in [3.05, 3.63) is 158 Å². The van der Waals surface area contributed by atoms with E-state index >= 15 is 0 Å². The Bertz CT molecular complexity index is 2990. The zero-order valence-corrected chi connectivity index (χ0v) is 30.9. The van der Waals surface area contributed by atoms with E-state index in [-0.39, 0.29) is 0 Å². The van der Waals surface area contributed by atoms with E-state index < -0.39 is 8.07 Å². The smallest absolute Gasteiger partial charge is 0.0711 e. The maximum Gasteiger partial charge on any atom is 0.0711 e. The molecule has 11 rings (SSSR count). The van der Waals surface area contributed by atoms with Gasteiger partial charge in [0.25, 0.3) is 0 Å². The highest BCUT2D eigenvalue weighted by atomic mass is 32.1. The lowest BCUT2D eigenvalue weighted by molar-refractivity contribution is 1.18. The summed E-state index contributed by atoms with van der Waals surface area (Å²) in [6.07, 6.45) is 0. The number of aromatic nitrogens is 2. The Balaban J connectivity index is 1.09. The lowest BCUT2D eigenvalue weighted by Gasteiger charge is -2.32. The van der Waals surface area contributed by atoms with Gasteiger partial charge in [0, 0.05) is 31.9 Å². The summed E-state index contributed by atoms with van der Waals surface area (Å²) >= 11 is 3.86. The first-order chi connectivity index (χ1) is 25.0. The standard InChI is InChI=1S/C46H32N2S2Si/c1-51(2)43-20-12-10-18-34(43)35-23-21-30(26-44(35)51)42-28-40-46(50-42)45-39(48(40)32-15-7-4-8-16-32)27-41(49-45)29-22-24-38-36(25-29)33-17-9-11-19-37(33)47(38)31-13-5-3-6-14-31/h3-28H,1-2H3/q-1. The Morgan fingerprint density at radius 1 is 0.412 bits per heavy atom. The van der Waals surface area contributed by atoms with Gasteiger partial charge in [-0.2, -0.15) is 23.5 Å². The van der Waals surface area contributed by atoms with Gasteiger partial charge in [-0.05, 0) is 65.7 Å². The number of para-hydroxylation sites is 3. The van der Waals surface area contributed by atoms with Crippen LogP contribution in [0.2, 0.25) is 13.1 Å². The fraction of sp³-hybridized carbons (Fsp3) is 0.0435. The summed E-state index contributed by atoms with van der Waals surface area (Å²) in [4.78, 5) is 2.63. The van der Waals surface area contributed by atoms with Crippen LogP contribution >= 0.6 is 22.7 Å². The maximum absolute atomic E-state index is 2.51. The van der Waals surface area contributed by atoms with Crippen LogP contribution in [0.4, 0.5) is 0 Å². The van der Waals surface area contributed by atoms with Crippen LogP contribution in [0.15, 0.2) is 158 Å². The second-order valence-electron chi connectivity index (χ2n) is 14.2. The molecule has 6 aromatic carbocycles. The molecule has 0 spiro atoms. The van der Waals surface area contributed by atoms with E-state index in [0.717, 1.165) is 0 Å². The Kier molecular flexibility index (Phi) is 6.18. The SMILES string of the molecule is C[Si-]1(C)c2ccccc2-c2ccc(-c3cc4c(s3)c3sc(-c5ccc6c(c5)c5ccccc5n6-c5ccccc5)cc3n4-c3ccccc3)cc21. The molecule has 0 saturated carbocycles. The monoisotopic (exact) mass is 704 g/mol. The number of thiophene rings is 2. The highest BCUT2D eigenvalue weighted by Crippen LogP contribution is 2.47. The summed E-state index contributed by atoms with van der Waals surface area (Å²) in [5, 5.41) is 5.67. The molecule has 51 heavy (non-hydrogen) atoms. The molecule has 0 unspecified atom stereocenters. The molecule has 1 aliphatic heterocycles. The van der Waals surface area contributed by atoms with Crippen LogP contribution in [0.3, 0.4) is 0 Å². The van der Waals surface area contributed by atoms with Crippen molar-refractivity contribution in [2.45, 2.75) is 13.1 Å². The summed E-state index contributed by atoms with van der Waals surface area (Å²) in [6.45, 7) is 5.01. The fourth-order valence-corrected chi connectivity index (χ4v) is 14.1. The lowest BCUT2D eigenvalue weighted by atomic mass is 10.0. The average molecular weight is 705 g/mol. The highest BCUT2D eigenvalue weighted by molar-refractivity contribution is 7.30. The second-order valence-corrected chi connectivity index (χ2v) is 20.6. The molecule has 0 amide bonds. The molecule has 5 heteroatoms. The number of fused-ring (bicyclic) bond motifs is 9. The van der Waals surface area contributed by atoms with Crippen LogP contribution in [0.5, 0.6) is 0 Å². The molecule has 0 bridgehead atoms. The molecule has 0 radical (unpaired) electrons. The number of benzene rings is 6. The Labute approximate surface area is 305 Å². The van der Waals surface area contributed by atoms with E-state index in [0.29, 0.717) is 0 Å². The van der Waals surface area contributed by atoms with Crippen LogP contribution in [0.25, 0.3) is 85.6 Å². The van der Waals surface area contributed by atoms with Gasteiger partial charge in [-0.1, -0.05) is 122 Å². The molecule has 0 atom stereocenters. The number of nitrogens with zero attached hydrogens (tertiary/aromatic N) is 2. The summed E-state index contributed by atoms with van der Waals surface area (Å²) in [5.41, 5.74) is 12.9. The van der Waals surface area contributed by atoms with E-state index in [1.165, 1.54) is 85.6 Å². The van der Waals surface area contributed by atoms with Gasteiger partial charge < -0.3 is 9.13 Å². The minimum absolute atomic E-state index is 1.19. The van der Waals surface area contributed by atoms with Crippen LogP contribution in [-0.2, 0) is 0 Å². The van der Waals surface area contributed by atoms with E-state index in [1.54, 1.807) is 10.4 Å². The third kappa shape index (κ3) is 4.20. The predicted octanol–water partition coefficient (Wildman–Crippen LogP) is 12.1. The molecular formula is C46H32N2S2Si-. The molecule has 0 saturated heterocycles. The van der Waals surface area contributed by atoms with E-state index in [9.17, 15) is 0 Å². The van der Waals surface area contributed by atoms with E-state index in [2.05, 4.69) is 180 Å². The third-order valence-corrected chi connectivity index (χ3v) is 17.0. The second kappa shape index (κ2) is 10.8. The molecule has 0 fully saturated rings. The van der Waals surface area contributed by atoms with Crippen LogP contribution in [-0.4, -0.2) is 17.2 Å². The van der Waals surface area contributed by atoms with Crippen molar-refractivity contribution in [3.63, 3.8) is 0 Å². The minimum Gasteiger partial charge on any atom is -0.309 e. The van der Waals surface area contributed by atoms with E-state index in [1.807, 2.05) is 22.7 Å². The van der Waals surface area contributed by atoms with Gasteiger partial charge in [0.05, 0.1) is 31.5 Å². The lowest BCUT2D eigenvalue weighted by Crippen LogP contribution is -2.49. The highest BCUT2D eigenvalue weighted by Gasteiger charge is 2.27. The first kappa shape index (κ1) is 29.3. The van der Waals surface area contributed by atoms with Crippen molar-refractivity contribution >= 4 is 83.4 Å². The quantitative estimate of drug-likeness (QED) is 0.161. The zero-order valence-electron chi connectivity index (χ0n) is 28.2. The zero-order chi connectivity index (χ0) is 33.8. The molecular weight excluding hydrogens is 673 g/mol. The largest absolute Gasteiger partial charge is 0.309 e. The molecule has 1 aliphatic rings. The maximum atomic E-state index is 2.51. The van der Waals surface area contributed by atoms with Gasteiger partial charge in [0.2, 0.25) is 0 Å². The van der Waals surface area contributed by atoms with Crippen molar-refractivity contribution in [3.8, 4) is 43.4 Å². The first-order valence-electron chi connectivity index (χ1n) is 17.5.